The van der Waals surface area contributed by atoms with Crippen LogP contribution >= 0.6 is 0 Å². The van der Waals surface area contributed by atoms with Crippen LogP contribution in [-0.2, 0) is 33.4 Å². The molecule has 1 aliphatic rings. The van der Waals surface area contributed by atoms with Gasteiger partial charge >= 0.3 is 17.9 Å². The maximum absolute atomic E-state index is 12.3. The second kappa shape index (κ2) is 13.7. The van der Waals surface area contributed by atoms with Gasteiger partial charge in [0.25, 0.3) is 0 Å². The van der Waals surface area contributed by atoms with Gasteiger partial charge in [-0.1, -0.05) is 18.9 Å². The van der Waals surface area contributed by atoms with Crippen LogP contribution < -0.4 is 5.32 Å². The molecule has 170 valence electrons. The van der Waals surface area contributed by atoms with E-state index in [1.165, 1.54) is 21.3 Å². The van der Waals surface area contributed by atoms with Crippen molar-refractivity contribution in [3.8, 4) is 0 Å². The van der Waals surface area contributed by atoms with Gasteiger partial charge in [0, 0.05) is 18.6 Å². The Morgan fingerprint density at radius 3 is 1.60 bits per heavy atom. The van der Waals surface area contributed by atoms with Crippen LogP contribution in [0.1, 0.15) is 25.7 Å². The van der Waals surface area contributed by atoms with Crippen molar-refractivity contribution in [1.82, 2.24) is 15.1 Å². The highest BCUT2D eigenvalue weighted by atomic mass is 16.5. The van der Waals surface area contributed by atoms with Crippen molar-refractivity contribution in [2.24, 2.45) is 0 Å². The summed E-state index contributed by atoms with van der Waals surface area (Å²) in [6.07, 6.45) is 4.77. The Bertz CT molecular complexity index is 593. The molecule has 0 radical (unpaired) electrons. The highest BCUT2D eigenvalue weighted by molar-refractivity contribution is 5.79. The lowest BCUT2D eigenvalue weighted by Gasteiger charge is -2.43. The number of hydrogen-bond acceptors (Lipinski definition) is 9. The highest BCUT2D eigenvalue weighted by Gasteiger charge is 2.37. The fourth-order valence-electron chi connectivity index (χ4n) is 3.64. The molecule has 0 bridgehead atoms. The smallest absolute Gasteiger partial charge is 0.319 e. The Morgan fingerprint density at radius 2 is 1.23 bits per heavy atom. The molecule has 0 aromatic rings. The van der Waals surface area contributed by atoms with E-state index in [9.17, 15) is 19.2 Å². The van der Waals surface area contributed by atoms with Crippen molar-refractivity contribution >= 4 is 23.8 Å². The number of methoxy groups -OCH3 is 3. The van der Waals surface area contributed by atoms with Crippen molar-refractivity contribution in [3.05, 3.63) is 12.7 Å². The first-order valence-corrected chi connectivity index (χ1v) is 9.92. The molecule has 1 N–H and O–H groups in total. The Kier molecular flexibility index (Phi) is 11.7. The molecule has 10 heteroatoms. The molecule has 0 aromatic carbocycles. The van der Waals surface area contributed by atoms with Crippen molar-refractivity contribution in [2.75, 3.05) is 54.1 Å². The number of amides is 1. The molecule has 0 spiro atoms. The summed E-state index contributed by atoms with van der Waals surface area (Å²) in [6, 6.07) is -0.476. The molecule has 1 fully saturated rings. The van der Waals surface area contributed by atoms with E-state index in [-0.39, 0.29) is 44.2 Å². The third-order valence-electron chi connectivity index (χ3n) is 5.10. The van der Waals surface area contributed by atoms with Crippen LogP contribution in [0, 0.1) is 0 Å². The van der Waals surface area contributed by atoms with E-state index < -0.39 is 17.9 Å². The zero-order valence-corrected chi connectivity index (χ0v) is 18.1. The molecule has 30 heavy (non-hydrogen) atoms. The molecule has 0 aromatic heterocycles. The van der Waals surface area contributed by atoms with E-state index in [2.05, 4.69) is 11.9 Å². The molecular weight excluding hydrogens is 394 g/mol. The van der Waals surface area contributed by atoms with E-state index in [0.29, 0.717) is 19.4 Å². The van der Waals surface area contributed by atoms with Crippen molar-refractivity contribution in [1.29, 1.82) is 0 Å². The predicted molar refractivity (Wildman–Crippen MR) is 108 cm³/mol. The Hall–Kier alpha value is -2.46. The summed E-state index contributed by atoms with van der Waals surface area (Å²) in [4.78, 5) is 51.7. The molecule has 1 rings (SSSR count). The summed E-state index contributed by atoms with van der Waals surface area (Å²) < 4.78 is 14.4. The minimum absolute atomic E-state index is 0.0194. The summed E-state index contributed by atoms with van der Waals surface area (Å²) in [7, 11) is 3.85. The first-order valence-electron chi connectivity index (χ1n) is 9.92. The van der Waals surface area contributed by atoms with Crippen LogP contribution in [0.3, 0.4) is 0 Å². The first kappa shape index (κ1) is 25.6. The van der Waals surface area contributed by atoms with Crippen molar-refractivity contribution in [3.63, 3.8) is 0 Å². The van der Waals surface area contributed by atoms with Crippen LogP contribution in [0.2, 0.25) is 0 Å². The molecule has 0 heterocycles. The zero-order valence-electron chi connectivity index (χ0n) is 18.1. The molecule has 2 unspecified atom stereocenters. The van der Waals surface area contributed by atoms with Crippen molar-refractivity contribution < 1.29 is 33.4 Å². The standard InChI is InChI=1S/C20H33N3O7/c1-5-10-21-17(24)11-22(12-18(25)28-2)15-8-6-7-9-16(15)23(13-19(26)29-3)14-20(27)30-4/h5,15-16H,1,6-14H2,2-4H3,(H,21,24). The highest BCUT2D eigenvalue weighted by Crippen LogP contribution is 2.27. The summed E-state index contributed by atoms with van der Waals surface area (Å²) >= 11 is 0. The number of rotatable bonds is 12. The SMILES string of the molecule is C=CCNC(=O)CN(CC(=O)OC)C1CCCCC1N(CC(=O)OC)CC(=O)OC. The van der Waals surface area contributed by atoms with Gasteiger partial charge in [0.2, 0.25) is 5.91 Å². The average Bonchev–Trinajstić information content (AvgIpc) is 2.76. The fraction of sp³-hybridized carbons (Fsp3) is 0.700. The van der Waals surface area contributed by atoms with Crippen LogP contribution in [-0.4, -0.2) is 99.8 Å². The predicted octanol–water partition coefficient (Wildman–Crippen LogP) is -0.277. The van der Waals surface area contributed by atoms with Gasteiger partial charge in [0.15, 0.2) is 0 Å². The van der Waals surface area contributed by atoms with Gasteiger partial charge < -0.3 is 19.5 Å². The van der Waals surface area contributed by atoms with Crippen LogP contribution in [0.5, 0.6) is 0 Å². The van der Waals surface area contributed by atoms with Crippen LogP contribution in [0.25, 0.3) is 0 Å². The van der Waals surface area contributed by atoms with Gasteiger partial charge in [-0.3, -0.25) is 29.0 Å². The normalized spacial score (nSPS) is 18.6. The molecule has 1 aliphatic carbocycles. The minimum atomic E-state index is -0.480. The third kappa shape index (κ3) is 8.50. The summed E-state index contributed by atoms with van der Waals surface area (Å²) in [5.74, 6) is -1.68. The second-order valence-corrected chi connectivity index (χ2v) is 7.05. The number of nitrogens with one attached hydrogen (secondary N) is 1. The molecule has 0 saturated heterocycles. The van der Waals surface area contributed by atoms with Gasteiger partial charge in [-0.2, -0.15) is 0 Å². The fourth-order valence-corrected chi connectivity index (χ4v) is 3.64. The number of ether oxygens (including phenoxy) is 3. The molecule has 2 atom stereocenters. The van der Waals surface area contributed by atoms with Gasteiger partial charge in [0.1, 0.15) is 0 Å². The Labute approximate surface area is 177 Å². The molecule has 1 amide bonds. The molecule has 1 saturated carbocycles. The van der Waals surface area contributed by atoms with Crippen LogP contribution in [0.4, 0.5) is 0 Å². The number of esters is 3. The topological polar surface area (TPSA) is 114 Å². The number of carbonyl (C=O) groups is 4. The van der Waals surface area contributed by atoms with E-state index in [0.717, 1.165) is 12.8 Å². The number of hydrogen-bond donors (Lipinski definition) is 1. The summed E-state index contributed by atoms with van der Waals surface area (Å²) in [6.45, 7) is 3.60. The van der Waals surface area contributed by atoms with Crippen LogP contribution in [0.15, 0.2) is 12.7 Å². The quantitative estimate of drug-likeness (QED) is 0.255. The lowest BCUT2D eigenvalue weighted by Crippen LogP contribution is -2.58. The Morgan fingerprint density at radius 1 is 0.833 bits per heavy atom. The lowest BCUT2D eigenvalue weighted by molar-refractivity contribution is -0.150. The van der Waals surface area contributed by atoms with Gasteiger partial charge in [-0.05, 0) is 12.8 Å². The summed E-state index contributed by atoms with van der Waals surface area (Å²) in [5.41, 5.74) is 0. The molecular formula is C20H33N3O7. The summed E-state index contributed by atoms with van der Waals surface area (Å²) in [5, 5.41) is 2.71. The number of nitrogens with zero attached hydrogens (tertiary/aromatic N) is 2. The van der Waals surface area contributed by atoms with Crippen molar-refractivity contribution in [2.45, 2.75) is 37.8 Å². The molecule has 10 nitrogen and oxygen atoms in total. The van der Waals surface area contributed by atoms with E-state index in [4.69, 9.17) is 14.2 Å². The monoisotopic (exact) mass is 427 g/mol. The second-order valence-electron chi connectivity index (χ2n) is 7.05. The van der Waals surface area contributed by atoms with Gasteiger partial charge in [-0.15, -0.1) is 6.58 Å². The first-order chi connectivity index (χ1) is 14.4. The van der Waals surface area contributed by atoms with Gasteiger partial charge in [0.05, 0.1) is 47.5 Å². The molecule has 0 aliphatic heterocycles. The average molecular weight is 427 g/mol. The third-order valence-corrected chi connectivity index (χ3v) is 5.10. The number of carbonyl (C=O) groups excluding carboxylic acids is 4. The Balaban J connectivity index is 3.12. The zero-order chi connectivity index (χ0) is 22.5. The maximum Gasteiger partial charge on any atom is 0.319 e. The minimum Gasteiger partial charge on any atom is -0.468 e. The van der Waals surface area contributed by atoms with E-state index in [1.807, 2.05) is 0 Å². The maximum atomic E-state index is 12.3. The lowest BCUT2D eigenvalue weighted by atomic mass is 9.87. The van der Waals surface area contributed by atoms with E-state index in [1.54, 1.807) is 15.9 Å². The van der Waals surface area contributed by atoms with E-state index >= 15 is 0 Å². The largest absolute Gasteiger partial charge is 0.468 e. The van der Waals surface area contributed by atoms with Gasteiger partial charge in [-0.25, -0.2) is 0 Å².